The molecule has 4 heteroatoms. The third-order valence-electron chi connectivity index (χ3n) is 4.71. The lowest BCUT2D eigenvalue weighted by molar-refractivity contribution is -0.137. The molecule has 0 rings (SSSR count). The molecule has 1 unspecified atom stereocenters. The van der Waals surface area contributed by atoms with Gasteiger partial charge in [-0.2, -0.15) is 0 Å². The molecule has 0 saturated carbocycles. The highest BCUT2D eigenvalue weighted by atomic mass is 28.4. The number of carboxylic acid groups (broad SMARTS) is 1. The molecular formula is C23H46O3Si. The molecular weight excluding hydrogens is 352 g/mol. The number of rotatable bonds is 19. The molecule has 1 N–H and O–H groups in total. The van der Waals surface area contributed by atoms with Gasteiger partial charge in [-0.15, -0.1) is 0 Å². The van der Waals surface area contributed by atoms with Crippen LogP contribution in [0.3, 0.4) is 0 Å². The van der Waals surface area contributed by atoms with E-state index in [0.717, 1.165) is 19.3 Å². The molecule has 0 aromatic heterocycles. The fourth-order valence-corrected chi connectivity index (χ4v) is 4.37. The standard InChI is InChI=1S/C23H46O3Si/c1-5-6-7-13-16-19-22(26-27(2,3)4)20-17-14-11-9-8-10-12-15-18-21-23(24)25/h17,20,22H,5-16,18-19,21H2,1-4H3,(H,24,25)/b20-17+. The van der Waals surface area contributed by atoms with E-state index < -0.39 is 14.3 Å². The highest BCUT2D eigenvalue weighted by Gasteiger charge is 2.19. The lowest BCUT2D eigenvalue weighted by Crippen LogP contribution is -2.31. The number of unbranched alkanes of at least 4 members (excludes halogenated alkanes) is 11. The molecule has 0 radical (unpaired) electrons. The van der Waals surface area contributed by atoms with Crippen molar-refractivity contribution in [3.8, 4) is 0 Å². The van der Waals surface area contributed by atoms with Crippen LogP contribution in [0.4, 0.5) is 0 Å². The minimum atomic E-state index is -1.49. The second-order valence-corrected chi connectivity index (χ2v) is 13.3. The minimum Gasteiger partial charge on any atom is -0.481 e. The van der Waals surface area contributed by atoms with Crippen molar-refractivity contribution in [2.45, 2.75) is 129 Å². The third kappa shape index (κ3) is 21.5. The van der Waals surface area contributed by atoms with E-state index in [-0.39, 0.29) is 0 Å². The maximum absolute atomic E-state index is 10.4. The first-order chi connectivity index (χ1) is 12.8. The number of hydrogen-bond donors (Lipinski definition) is 1. The molecule has 0 spiro atoms. The summed E-state index contributed by atoms with van der Waals surface area (Å²) < 4.78 is 6.35. The number of hydrogen-bond acceptors (Lipinski definition) is 2. The quantitative estimate of drug-likeness (QED) is 0.138. The molecule has 0 aliphatic rings. The molecule has 3 nitrogen and oxygen atoms in total. The summed E-state index contributed by atoms with van der Waals surface area (Å²) in [5, 5.41) is 8.61. The second kappa shape index (κ2) is 17.5. The average molecular weight is 399 g/mol. The molecule has 0 fully saturated rings. The van der Waals surface area contributed by atoms with E-state index in [1.807, 2.05) is 0 Å². The Hall–Kier alpha value is -0.613. The van der Waals surface area contributed by atoms with Crippen molar-refractivity contribution in [1.82, 2.24) is 0 Å². The summed E-state index contributed by atoms with van der Waals surface area (Å²) in [6, 6.07) is 0. The summed E-state index contributed by atoms with van der Waals surface area (Å²) in [6.45, 7) is 9.10. The Bertz CT molecular complexity index is 374. The summed E-state index contributed by atoms with van der Waals surface area (Å²) in [7, 11) is -1.49. The fourth-order valence-electron chi connectivity index (χ4n) is 3.27. The minimum absolute atomic E-state index is 0.313. The smallest absolute Gasteiger partial charge is 0.303 e. The maximum Gasteiger partial charge on any atom is 0.303 e. The van der Waals surface area contributed by atoms with Crippen LogP contribution in [0, 0.1) is 0 Å². The van der Waals surface area contributed by atoms with Gasteiger partial charge in [-0.1, -0.05) is 83.3 Å². The van der Waals surface area contributed by atoms with Gasteiger partial charge in [-0.05, 0) is 45.3 Å². The second-order valence-electron chi connectivity index (χ2n) is 8.81. The van der Waals surface area contributed by atoms with Gasteiger partial charge >= 0.3 is 5.97 Å². The molecule has 0 aromatic carbocycles. The Morgan fingerprint density at radius 2 is 1.44 bits per heavy atom. The van der Waals surface area contributed by atoms with Gasteiger partial charge < -0.3 is 9.53 Å². The fraction of sp³-hybridized carbons (Fsp3) is 0.870. The number of allylic oxidation sites excluding steroid dienone is 1. The van der Waals surface area contributed by atoms with Gasteiger partial charge in [0.05, 0.1) is 6.10 Å². The van der Waals surface area contributed by atoms with Crippen LogP contribution >= 0.6 is 0 Å². The van der Waals surface area contributed by atoms with Gasteiger partial charge in [0.25, 0.3) is 0 Å². The number of aliphatic carboxylic acids is 1. The molecule has 0 aliphatic carbocycles. The van der Waals surface area contributed by atoms with Crippen LogP contribution < -0.4 is 0 Å². The first kappa shape index (κ1) is 26.4. The Balaban J connectivity index is 3.80. The van der Waals surface area contributed by atoms with E-state index in [4.69, 9.17) is 9.53 Å². The molecule has 0 heterocycles. The monoisotopic (exact) mass is 398 g/mol. The Morgan fingerprint density at radius 3 is 2.04 bits per heavy atom. The van der Waals surface area contributed by atoms with Crippen LogP contribution in [0.2, 0.25) is 19.6 Å². The highest BCUT2D eigenvalue weighted by molar-refractivity contribution is 6.69. The van der Waals surface area contributed by atoms with Gasteiger partial charge in [-0.25, -0.2) is 0 Å². The van der Waals surface area contributed by atoms with Crippen LogP contribution in [-0.4, -0.2) is 25.5 Å². The van der Waals surface area contributed by atoms with Crippen LogP contribution in [-0.2, 0) is 9.22 Å². The van der Waals surface area contributed by atoms with Crippen LogP contribution in [0.5, 0.6) is 0 Å². The summed E-state index contributed by atoms with van der Waals surface area (Å²) in [6.07, 6.45) is 22.3. The van der Waals surface area contributed by atoms with Crippen LogP contribution in [0.25, 0.3) is 0 Å². The van der Waals surface area contributed by atoms with Crippen molar-refractivity contribution >= 4 is 14.3 Å². The van der Waals surface area contributed by atoms with E-state index in [0.29, 0.717) is 12.5 Å². The molecule has 0 saturated heterocycles. The van der Waals surface area contributed by atoms with Gasteiger partial charge in [-0.3, -0.25) is 4.79 Å². The SMILES string of the molecule is CCCCCCCC(/C=C/CCCCCCCCCC(=O)O)O[Si](C)(C)C. The van der Waals surface area contributed by atoms with Gasteiger partial charge in [0.1, 0.15) is 0 Å². The van der Waals surface area contributed by atoms with E-state index in [1.54, 1.807) is 0 Å². The molecule has 1 atom stereocenters. The lowest BCUT2D eigenvalue weighted by Gasteiger charge is -2.24. The molecule has 0 bridgehead atoms. The van der Waals surface area contributed by atoms with Crippen LogP contribution in [0.15, 0.2) is 12.2 Å². The first-order valence-corrected chi connectivity index (χ1v) is 14.8. The topological polar surface area (TPSA) is 46.5 Å². The van der Waals surface area contributed by atoms with Crippen molar-refractivity contribution in [2.24, 2.45) is 0 Å². The van der Waals surface area contributed by atoms with E-state index in [1.165, 1.54) is 70.6 Å². The molecule has 27 heavy (non-hydrogen) atoms. The zero-order chi connectivity index (χ0) is 20.4. The van der Waals surface area contributed by atoms with Crippen molar-refractivity contribution < 1.29 is 14.3 Å². The normalized spacial score (nSPS) is 13.3. The summed E-state index contributed by atoms with van der Waals surface area (Å²) in [5.41, 5.74) is 0. The molecule has 0 aliphatic heterocycles. The number of carbonyl (C=O) groups is 1. The molecule has 160 valence electrons. The summed E-state index contributed by atoms with van der Waals surface area (Å²) in [4.78, 5) is 10.4. The van der Waals surface area contributed by atoms with Gasteiger partial charge in [0.2, 0.25) is 0 Å². The lowest BCUT2D eigenvalue weighted by atomic mass is 10.1. The average Bonchev–Trinajstić information content (AvgIpc) is 2.57. The van der Waals surface area contributed by atoms with Gasteiger partial charge in [0, 0.05) is 6.42 Å². The van der Waals surface area contributed by atoms with Crippen molar-refractivity contribution in [3.05, 3.63) is 12.2 Å². The van der Waals surface area contributed by atoms with E-state index in [2.05, 4.69) is 38.7 Å². The zero-order valence-electron chi connectivity index (χ0n) is 18.6. The van der Waals surface area contributed by atoms with Crippen LogP contribution in [0.1, 0.15) is 103 Å². The zero-order valence-corrected chi connectivity index (χ0v) is 19.6. The number of carboxylic acids is 1. The summed E-state index contributed by atoms with van der Waals surface area (Å²) >= 11 is 0. The predicted molar refractivity (Wildman–Crippen MR) is 120 cm³/mol. The first-order valence-electron chi connectivity index (χ1n) is 11.4. The van der Waals surface area contributed by atoms with Gasteiger partial charge in [0.15, 0.2) is 8.32 Å². The predicted octanol–water partition coefficient (Wildman–Crippen LogP) is 7.72. The van der Waals surface area contributed by atoms with Crippen molar-refractivity contribution in [3.63, 3.8) is 0 Å². The molecule has 0 amide bonds. The highest BCUT2D eigenvalue weighted by Crippen LogP contribution is 2.16. The Labute approximate surface area is 170 Å². The largest absolute Gasteiger partial charge is 0.481 e. The van der Waals surface area contributed by atoms with Crippen molar-refractivity contribution in [2.75, 3.05) is 0 Å². The third-order valence-corrected chi connectivity index (χ3v) is 5.72. The maximum atomic E-state index is 10.4. The molecule has 0 aromatic rings. The Kier molecular flexibility index (Phi) is 17.1. The summed E-state index contributed by atoms with van der Waals surface area (Å²) in [5.74, 6) is -0.667. The van der Waals surface area contributed by atoms with Crippen molar-refractivity contribution in [1.29, 1.82) is 0 Å². The van der Waals surface area contributed by atoms with E-state index in [9.17, 15) is 4.79 Å². The Morgan fingerprint density at radius 1 is 0.889 bits per heavy atom. The van der Waals surface area contributed by atoms with E-state index >= 15 is 0 Å².